The van der Waals surface area contributed by atoms with Crippen LogP contribution in [0.1, 0.15) is 55.1 Å². The van der Waals surface area contributed by atoms with Gasteiger partial charge in [-0.2, -0.15) is 0 Å². The van der Waals surface area contributed by atoms with Crippen molar-refractivity contribution >= 4 is 6.29 Å². The maximum atomic E-state index is 11.2. The van der Waals surface area contributed by atoms with Gasteiger partial charge in [-0.25, -0.2) is 4.68 Å². The summed E-state index contributed by atoms with van der Waals surface area (Å²) in [5.41, 5.74) is 3.46. The van der Waals surface area contributed by atoms with Crippen molar-refractivity contribution in [3.8, 4) is 11.3 Å². The lowest BCUT2D eigenvalue weighted by Crippen LogP contribution is -2.03. The van der Waals surface area contributed by atoms with E-state index >= 15 is 0 Å². The number of aryl methyl sites for hydroxylation is 2. The fraction of sp³-hybridized carbons (Fsp3) is 0.471. The molecule has 0 aliphatic heterocycles. The predicted molar refractivity (Wildman–Crippen MR) is 84.3 cm³/mol. The average Bonchev–Trinajstić information content (AvgIpc) is 2.91. The van der Waals surface area contributed by atoms with E-state index in [1.54, 1.807) is 0 Å². The predicted octanol–water partition coefficient (Wildman–Crippen LogP) is 4.04. The van der Waals surface area contributed by atoms with Gasteiger partial charge in [-0.1, -0.05) is 67.6 Å². The van der Waals surface area contributed by atoms with Crippen molar-refractivity contribution in [2.24, 2.45) is 0 Å². The van der Waals surface area contributed by atoms with E-state index in [2.05, 4.69) is 17.2 Å². The molecule has 112 valence electrons. The quantitative estimate of drug-likeness (QED) is 0.543. The highest BCUT2D eigenvalue weighted by Gasteiger charge is 2.13. The molecular formula is C17H23N3O. The topological polar surface area (TPSA) is 47.8 Å². The molecule has 4 heteroatoms. The molecule has 2 aromatic rings. The molecule has 1 aromatic carbocycles. The van der Waals surface area contributed by atoms with Crippen molar-refractivity contribution in [1.29, 1.82) is 0 Å². The van der Waals surface area contributed by atoms with Crippen molar-refractivity contribution in [2.45, 2.75) is 52.5 Å². The SMILES string of the molecule is CCCCCCCn1nnc(C=O)c1-c1ccc(C)cc1. The average molecular weight is 285 g/mol. The monoisotopic (exact) mass is 285 g/mol. The first kappa shape index (κ1) is 15.4. The van der Waals surface area contributed by atoms with Gasteiger partial charge in [0, 0.05) is 12.1 Å². The first-order valence-corrected chi connectivity index (χ1v) is 7.72. The lowest BCUT2D eigenvalue weighted by Gasteiger charge is -2.07. The lowest BCUT2D eigenvalue weighted by atomic mass is 10.1. The molecule has 21 heavy (non-hydrogen) atoms. The second-order valence-corrected chi connectivity index (χ2v) is 5.44. The molecule has 0 unspecified atom stereocenters. The molecule has 1 aromatic heterocycles. The van der Waals surface area contributed by atoms with Gasteiger partial charge in [-0.3, -0.25) is 4.79 Å². The van der Waals surface area contributed by atoms with Crippen molar-refractivity contribution < 1.29 is 4.79 Å². The van der Waals surface area contributed by atoms with Crippen molar-refractivity contribution in [2.75, 3.05) is 0 Å². The maximum Gasteiger partial charge on any atom is 0.172 e. The number of hydrogen-bond donors (Lipinski definition) is 0. The van der Waals surface area contributed by atoms with Crippen LogP contribution in [-0.2, 0) is 6.54 Å². The van der Waals surface area contributed by atoms with Crippen LogP contribution in [0.15, 0.2) is 24.3 Å². The van der Waals surface area contributed by atoms with E-state index in [1.807, 2.05) is 35.9 Å². The Hall–Kier alpha value is -1.97. The first-order chi connectivity index (χ1) is 10.3. The Labute approximate surface area is 126 Å². The summed E-state index contributed by atoms with van der Waals surface area (Å²) in [6.45, 7) is 5.07. The van der Waals surface area contributed by atoms with Gasteiger partial charge in [0.2, 0.25) is 0 Å². The van der Waals surface area contributed by atoms with Crippen LogP contribution >= 0.6 is 0 Å². The minimum atomic E-state index is 0.424. The molecule has 0 aliphatic carbocycles. The van der Waals surface area contributed by atoms with Gasteiger partial charge >= 0.3 is 0 Å². The van der Waals surface area contributed by atoms with Crippen molar-refractivity contribution in [3.05, 3.63) is 35.5 Å². The van der Waals surface area contributed by atoms with E-state index in [-0.39, 0.29) is 0 Å². The minimum Gasteiger partial charge on any atom is -0.296 e. The number of hydrogen-bond acceptors (Lipinski definition) is 3. The number of rotatable bonds is 8. The van der Waals surface area contributed by atoms with Gasteiger partial charge in [0.25, 0.3) is 0 Å². The smallest absolute Gasteiger partial charge is 0.172 e. The molecule has 0 amide bonds. The summed E-state index contributed by atoms with van der Waals surface area (Å²) < 4.78 is 1.86. The summed E-state index contributed by atoms with van der Waals surface area (Å²) in [5, 5.41) is 8.13. The Morgan fingerprint density at radius 3 is 2.48 bits per heavy atom. The van der Waals surface area contributed by atoms with Gasteiger partial charge in [0.1, 0.15) is 0 Å². The molecule has 0 saturated heterocycles. The number of aromatic nitrogens is 3. The molecule has 0 atom stereocenters. The van der Waals surface area contributed by atoms with E-state index < -0.39 is 0 Å². The number of carbonyl (C=O) groups is 1. The van der Waals surface area contributed by atoms with E-state index in [0.29, 0.717) is 5.69 Å². The molecule has 0 N–H and O–H groups in total. The molecular weight excluding hydrogens is 262 g/mol. The Balaban J connectivity index is 2.13. The number of benzene rings is 1. The van der Waals surface area contributed by atoms with Gasteiger partial charge in [0.15, 0.2) is 12.0 Å². The third kappa shape index (κ3) is 4.00. The lowest BCUT2D eigenvalue weighted by molar-refractivity contribution is 0.111. The molecule has 0 aliphatic rings. The Morgan fingerprint density at radius 2 is 1.81 bits per heavy atom. The largest absolute Gasteiger partial charge is 0.296 e. The molecule has 0 fully saturated rings. The molecule has 0 spiro atoms. The van der Waals surface area contributed by atoms with E-state index in [0.717, 1.165) is 30.5 Å². The molecule has 1 heterocycles. The number of aldehydes is 1. The number of nitrogens with zero attached hydrogens (tertiary/aromatic N) is 3. The number of carbonyl (C=O) groups excluding carboxylic acids is 1. The first-order valence-electron chi connectivity index (χ1n) is 7.72. The van der Waals surface area contributed by atoms with Crippen LogP contribution in [0.25, 0.3) is 11.3 Å². The Bertz CT molecular complexity index is 572. The van der Waals surface area contributed by atoms with Crippen LogP contribution in [0.2, 0.25) is 0 Å². The summed E-state index contributed by atoms with van der Waals surface area (Å²) in [6, 6.07) is 8.13. The van der Waals surface area contributed by atoms with Crippen LogP contribution < -0.4 is 0 Å². The van der Waals surface area contributed by atoms with Gasteiger partial charge < -0.3 is 0 Å². The molecule has 2 rings (SSSR count). The summed E-state index contributed by atoms with van der Waals surface area (Å²) in [4.78, 5) is 11.2. The maximum absolute atomic E-state index is 11.2. The standard InChI is InChI=1S/C17H23N3O/c1-3-4-5-6-7-12-20-17(16(13-21)18-19-20)15-10-8-14(2)9-11-15/h8-11,13H,3-7,12H2,1-2H3. The second-order valence-electron chi connectivity index (χ2n) is 5.44. The number of unbranched alkanes of at least 4 members (excludes halogenated alkanes) is 4. The summed E-state index contributed by atoms with van der Waals surface area (Å²) in [7, 11) is 0. The highest BCUT2D eigenvalue weighted by molar-refractivity contribution is 5.83. The van der Waals surface area contributed by atoms with Crippen molar-refractivity contribution in [3.63, 3.8) is 0 Å². The fourth-order valence-electron chi connectivity index (χ4n) is 2.44. The third-order valence-corrected chi connectivity index (χ3v) is 3.67. The highest BCUT2D eigenvalue weighted by Crippen LogP contribution is 2.22. The van der Waals surface area contributed by atoms with Crippen LogP contribution in [0.5, 0.6) is 0 Å². The Kier molecular flexibility index (Phi) is 5.67. The van der Waals surface area contributed by atoms with Gasteiger partial charge in [-0.15, -0.1) is 5.10 Å². The van der Waals surface area contributed by atoms with E-state index in [1.165, 1.54) is 31.2 Å². The summed E-state index contributed by atoms with van der Waals surface area (Å²) in [6.07, 6.45) is 6.83. The zero-order valence-corrected chi connectivity index (χ0v) is 12.9. The highest BCUT2D eigenvalue weighted by atomic mass is 16.1. The van der Waals surface area contributed by atoms with Gasteiger partial charge in [0.05, 0.1) is 5.69 Å². The molecule has 0 bridgehead atoms. The summed E-state index contributed by atoms with van der Waals surface area (Å²) in [5.74, 6) is 0. The third-order valence-electron chi connectivity index (χ3n) is 3.67. The second kappa shape index (κ2) is 7.72. The molecule has 0 saturated carbocycles. The normalized spacial score (nSPS) is 10.8. The van der Waals surface area contributed by atoms with Crippen LogP contribution in [-0.4, -0.2) is 21.3 Å². The van der Waals surface area contributed by atoms with Crippen LogP contribution in [0.3, 0.4) is 0 Å². The fourth-order valence-corrected chi connectivity index (χ4v) is 2.44. The zero-order valence-electron chi connectivity index (χ0n) is 12.9. The van der Waals surface area contributed by atoms with Crippen LogP contribution in [0, 0.1) is 6.92 Å². The Morgan fingerprint density at radius 1 is 1.10 bits per heavy atom. The van der Waals surface area contributed by atoms with E-state index in [9.17, 15) is 4.79 Å². The molecule has 0 radical (unpaired) electrons. The van der Waals surface area contributed by atoms with Crippen molar-refractivity contribution in [1.82, 2.24) is 15.0 Å². The van der Waals surface area contributed by atoms with E-state index in [4.69, 9.17) is 0 Å². The van der Waals surface area contributed by atoms with Crippen LogP contribution in [0.4, 0.5) is 0 Å². The van der Waals surface area contributed by atoms with Gasteiger partial charge in [-0.05, 0) is 13.3 Å². The summed E-state index contributed by atoms with van der Waals surface area (Å²) >= 11 is 0. The minimum absolute atomic E-state index is 0.424. The molecule has 4 nitrogen and oxygen atoms in total. The zero-order chi connectivity index (χ0) is 15.1.